The third kappa shape index (κ3) is 10.6. The summed E-state index contributed by atoms with van der Waals surface area (Å²) in [6, 6.07) is 3.07. The van der Waals surface area contributed by atoms with E-state index in [1.165, 1.54) is 0 Å². The van der Waals surface area contributed by atoms with Crippen molar-refractivity contribution in [2.24, 2.45) is 5.92 Å². The SMILES string of the molecule is CC[Si](CC)(CC)O[C@H](C[C@@H](O)CCC(CO[Si](C)(C)C(C)(C)C)O[Si](C)(C)C(C)(C)C)C1OC(=O)C[C@@H]1C. The van der Waals surface area contributed by atoms with Gasteiger partial charge in [-0.15, -0.1) is 0 Å². The van der Waals surface area contributed by atoms with Crippen molar-refractivity contribution in [2.75, 3.05) is 6.61 Å². The largest absolute Gasteiger partial charge is 0.459 e. The van der Waals surface area contributed by atoms with Crippen molar-refractivity contribution in [1.29, 1.82) is 0 Å². The second-order valence-corrected chi connectivity index (χ2v) is 29.4. The molecule has 1 fully saturated rings. The molecule has 0 spiro atoms. The summed E-state index contributed by atoms with van der Waals surface area (Å²) in [6.45, 7) is 31.9. The number of rotatable bonds is 16. The number of hydrogen-bond donors (Lipinski definition) is 1. The van der Waals surface area contributed by atoms with Gasteiger partial charge in [0.05, 0.1) is 31.3 Å². The molecule has 1 aliphatic rings. The van der Waals surface area contributed by atoms with E-state index in [0.717, 1.165) is 24.6 Å². The van der Waals surface area contributed by atoms with Crippen LogP contribution in [0.5, 0.6) is 0 Å². The van der Waals surface area contributed by atoms with E-state index < -0.39 is 31.1 Å². The second-order valence-electron chi connectivity index (χ2n) is 15.1. The Morgan fingerprint density at radius 2 is 1.41 bits per heavy atom. The van der Waals surface area contributed by atoms with Crippen LogP contribution in [0.1, 0.15) is 94.9 Å². The fourth-order valence-corrected chi connectivity index (χ4v) is 10.0. The molecule has 232 valence electrons. The Morgan fingerprint density at radius 3 is 1.82 bits per heavy atom. The Bertz CT molecular complexity index is 747. The lowest BCUT2D eigenvalue weighted by molar-refractivity contribution is -0.146. The van der Waals surface area contributed by atoms with E-state index in [0.29, 0.717) is 25.9 Å². The summed E-state index contributed by atoms with van der Waals surface area (Å²) in [6.07, 6.45) is 1.06. The minimum atomic E-state index is -2.02. The molecule has 1 aliphatic heterocycles. The van der Waals surface area contributed by atoms with Crippen LogP contribution in [0.2, 0.25) is 54.4 Å². The fourth-order valence-electron chi connectivity index (χ4n) is 4.76. The predicted octanol–water partition coefficient (Wildman–Crippen LogP) is 8.27. The molecule has 0 radical (unpaired) electrons. The van der Waals surface area contributed by atoms with Gasteiger partial charge in [-0.3, -0.25) is 4.79 Å². The van der Waals surface area contributed by atoms with Gasteiger partial charge in [-0.2, -0.15) is 0 Å². The summed E-state index contributed by atoms with van der Waals surface area (Å²) < 4.78 is 26.1. The number of aliphatic hydroxyl groups excluding tert-OH is 1. The van der Waals surface area contributed by atoms with Crippen LogP contribution in [0.4, 0.5) is 0 Å². The van der Waals surface area contributed by atoms with Crippen LogP contribution in [-0.2, 0) is 22.8 Å². The second kappa shape index (κ2) is 14.4. The molecule has 0 aromatic carbocycles. The van der Waals surface area contributed by atoms with Crippen molar-refractivity contribution in [1.82, 2.24) is 0 Å². The highest BCUT2D eigenvalue weighted by atomic mass is 28.4. The summed E-state index contributed by atoms with van der Waals surface area (Å²) in [5.41, 5.74) is 0. The van der Waals surface area contributed by atoms with E-state index in [4.69, 9.17) is 18.0 Å². The summed E-state index contributed by atoms with van der Waals surface area (Å²) in [4.78, 5) is 12.1. The minimum absolute atomic E-state index is 0.0624. The van der Waals surface area contributed by atoms with Gasteiger partial charge in [0.2, 0.25) is 0 Å². The van der Waals surface area contributed by atoms with E-state index in [9.17, 15) is 9.90 Å². The first kappa shape index (κ1) is 37.0. The maximum atomic E-state index is 12.1. The Kier molecular flexibility index (Phi) is 13.7. The molecule has 0 aromatic heterocycles. The number of carbonyl (C=O) groups is 1. The number of ether oxygens (including phenoxy) is 1. The number of aliphatic hydroxyl groups is 1. The van der Waals surface area contributed by atoms with Gasteiger partial charge in [-0.1, -0.05) is 69.2 Å². The average molecular weight is 605 g/mol. The molecule has 39 heavy (non-hydrogen) atoms. The molecule has 0 aromatic rings. The fraction of sp³-hybridized carbons (Fsp3) is 0.967. The van der Waals surface area contributed by atoms with E-state index >= 15 is 0 Å². The third-order valence-corrected chi connectivity index (χ3v) is 23.8. The van der Waals surface area contributed by atoms with Gasteiger partial charge < -0.3 is 23.1 Å². The Labute approximate surface area is 244 Å². The lowest BCUT2D eigenvalue weighted by Crippen LogP contribution is -2.48. The van der Waals surface area contributed by atoms with Gasteiger partial charge in [0.15, 0.2) is 25.0 Å². The number of cyclic esters (lactones) is 1. The number of carbonyl (C=O) groups excluding carboxylic acids is 1. The molecular weight excluding hydrogens is 541 g/mol. The van der Waals surface area contributed by atoms with E-state index in [2.05, 4.69) is 95.4 Å². The molecule has 1 rings (SSSR count). The van der Waals surface area contributed by atoms with E-state index in [-0.39, 0.29) is 40.3 Å². The lowest BCUT2D eigenvalue weighted by Gasteiger charge is -2.42. The normalized spacial score (nSPS) is 22.1. The van der Waals surface area contributed by atoms with Crippen LogP contribution in [-0.4, -0.2) is 67.1 Å². The highest BCUT2D eigenvalue weighted by Gasteiger charge is 2.44. The zero-order chi connectivity index (χ0) is 30.4. The summed E-state index contributed by atoms with van der Waals surface area (Å²) in [5.74, 6) is -0.0578. The van der Waals surface area contributed by atoms with Crippen LogP contribution >= 0.6 is 0 Å². The van der Waals surface area contributed by atoms with E-state index in [1.807, 2.05) is 0 Å². The average Bonchev–Trinajstić information content (AvgIpc) is 3.14. The Balaban J connectivity index is 3.06. The first-order chi connectivity index (χ1) is 17.6. The Morgan fingerprint density at radius 1 is 0.897 bits per heavy atom. The topological polar surface area (TPSA) is 74.2 Å². The van der Waals surface area contributed by atoms with Crippen LogP contribution in [0, 0.1) is 5.92 Å². The van der Waals surface area contributed by atoms with Gasteiger partial charge in [-0.05, 0) is 67.2 Å². The van der Waals surface area contributed by atoms with Crippen molar-refractivity contribution in [3.8, 4) is 0 Å². The number of hydrogen-bond acceptors (Lipinski definition) is 6. The van der Waals surface area contributed by atoms with Crippen molar-refractivity contribution < 1.29 is 27.9 Å². The molecule has 6 nitrogen and oxygen atoms in total. The van der Waals surface area contributed by atoms with Crippen LogP contribution in [0.15, 0.2) is 0 Å². The van der Waals surface area contributed by atoms with Gasteiger partial charge in [0.1, 0.15) is 6.10 Å². The van der Waals surface area contributed by atoms with E-state index in [1.54, 1.807) is 0 Å². The molecule has 0 aliphatic carbocycles. The van der Waals surface area contributed by atoms with Crippen molar-refractivity contribution >= 4 is 30.9 Å². The molecule has 1 N–H and O–H groups in total. The zero-order valence-corrected chi connectivity index (χ0v) is 31.0. The molecule has 1 heterocycles. The molecule has 9 heteroatoms. The minimum Gasteiger partial charge on any atom is -0.459 e. The van der Waals surface area contributed by atoms with Gasteiger partial charge in [-0.25, -0.2) is 0 Å². The molecule has 0 bridgehead atoms. The smallest absolute Gasteiger partial charge is 0.306 e. The van der Waals surface area contributed by atoms with Crippen LogP contribution in [0.25, 0.3) is 0 Å². The zero-order valence-electron chi connectivity index (χ0n) is 28.0. The maximum absolute atomic E-state index is 12.1. The lowest BCUT2D eigenvalue weighted by atomic mass is 9.94. The van der Waals surface area contributed by atoms with Gasteiger partial charge >= 0.3 is 5.97 Å². The first-order valence-electron chi connectivity index (χ1n) is 15.5. The summed E-state index contributed by atoms with van der Waals surface area (Å²) in [5, 5.41) is 11.6. The first-order valence-corrected chi connectivity index (χ1v) is 23.8. The molecule has 5 atom stereocenters. The van der Waals surface area contributed by atoms with Gasteiger partial charge in [0.25, 0.3) is 0 Å². The molecular formula is C30H64O6Si3. The predicted molar refractivity (Wildman–Crippen MR) is 171 cm³/mol. The highest BCUT2D eigenvalue weighted by Crippen LogP contribution is 2.40. The molecule has 0 amide bonds. The summed E-state index contributed by atoms with van der Waals surface area (Å²) >= 11 is 0. The molecule has 1 saturated heterocycles. The standard InChI is InChI=1S/C30H64O6Si3/c1-15-39(16-2,17-3)36-26(28-23(4)20-27(32)34-28)21-24(31)18-19-25(35-38(13,14)30(8,9)10)22-33-37(11,12)29(5,6)7/h23-26,28,31H,15-22H2,1-14H3/t23-,24-,25?,26+,28?/m0/s1. The van der Waals surface area contributed by atoms with Gasteiger partial charge in [0, 0.05) is 12.3 Å². The van der Waals surface area contributed by atoms with Crippen molar-refractivity contribution in [3.05, 3.63) is 0 Å². The molecule has 0 saturated carbocycles. The van der Waals surface area contributed by atoms with Crippen molar-refractivity contribution in [3.63, 3.8) is 0 Å². The highest BCUT2D eigenvalue weighted by molar-refractivity contribution is 6.75. The third-order valence-electron chi connectivity index (χ3n) is 10.0. The quantitative estimate of drug-likeness (QED) is 0.141. The van der Waals surface area contributed by atoms with Crippen molar-refractivity contribution in [2.45, 2.75) is 174 Å². The summed E-state index contributed by atoms with van der Waals surface area (Å²) in [7, 11) is -5.91. The molecule has 2 unspecified atom stereocenters. The monoisotopic (exact) mass is 604 g/mol. The van der Waals surface area contributed by atoms with Crippen LogP contribution in [0.3, 0.4) is 0 Å². The van der Waals surface area contributed by atoms with Crippen LogP contribution < -0.4 is 0 Å². The number of esters is 1. The Hall–Kier alpha value is -0.0394. The maximum Gasteiger partial charge on any atom is 0.306 e.